The molecule has 0 aromatic carbocycles. The molecule has 0 N–H and O–H groups in total. The van der Waals surface area contributed by atoms with Gasteiger partial charge in [-0.15, -0.1) is 11.3 Å². The quantitative estimate of drug-likeness (QED) is 0.734. The second kappa shape index (κ2) is 7.39. The molecular weight excluding hydrogens is 220 g/mol. The number of nitrogens with zero attached hydrogens (tertiary/aromatic N) is 2. The molecule has 0 radical (unpaired) electrons. The van der Waals surface area contributed by atoms with Gasteiger partial charge in [0.25, 0.3) is 0 Å². The van der Waals surface area contributed by atoms with Gasteiger partial charge >= 0.3 is 0 Å². The fourth-order valence-corrected chi connectivity index (χ4v) is 2.25. The van der Waals surface area contributed by atoms with Gasteiger partial charge in [0.05, 0.1) is 11.2 Å². The Hall–Kier alpha value is -0.900. The van der Waals surface area contributed by atoms with E-state index in [1.54, 1.807) is 11.3 Å². The van der Waals surface area contributed by atoms with E-state index in [1.807, 2.05) is 15.8 Å². The summed E-state index contributed by atoms with van der Waals surface area (Å²) in [7, 11) is 0. The minimum Gasteiger partial charge on any atom is -0.343 e. The lowest BCUT2D eigenvalue weighted by Gasteiger charge is -2.21. The lowest BCUT2D eigenvalue weighted by molar-refractivity contribution is -0.131. The Bertz CT molecular complexity index is 292. The van der Waals surface area contributed by atoms with E-state index in [-0.39, 0.29) is 5.91 Å². The molecule has 1 heterocycles. The molecule has 0 atom stereocenters. The number of rotatable bonds is 7. The van der Waals surface area contributed by atoms with Crippen molar-refractivity contribution in [3.63, 3.8) is 0 Å². The Balaban J connectivity index is 2.36. The topological polar surface area (TPSA) is 33.2 Å². The maximum atomic E-state index is 11.9. The van der Waals surface area contributed by atoms with E-state index < -0.39 is 0 Å². The Kier molecular flexibility index (Phi) is 6.08. The molecule has 1 rings (SSSR count). The van der Waals surface area contributed by atoms with Gasteiger partial charge in [-0.05, 0) is 19.3 Å². The molecule has 0 spiro atoms. The van der Waals surface area contributed by atoms with Crippen LogP contribution in [0.5, 0.6) is 0 Å². The Morgan fingerprint density at radius 3 is 2.56 bits per heavy atom. The van der Waals surface area contributed by atoms with Gasteiger partial charge in [0, 0.05) is 24.9 Å². The number of aryl methyl sites for hydroxylation is 1. The van der Waals surface area contributed by atoms with Crippen LogP contribution in [0.3, 0.4) is 0 Å². The summed E-state index contributed by atoms with van der Waals surface area (Å²) in [6.07, 6.45) is 3.42. The average Bonchev–Trinajstić information content (AvgIpc) is 2.78. The van der Waals surface area contributed by atoms with Crippen LogP contribution in [0.1, 0.15) is 38.8 Å². The van der Waals surface area contributed by atoms with Crippen LogP contribution in [0, 0.1) is 0 Å². The van der Waals surface area contributed by atoms with E-state index in [2.05, 4.69) is 18.8 Å². The van der Waals surface area contributed by atoms with Crippen LogP contribution in [0.4, 0.5) is 0 Å². The molecular formula is C12H20N2OS. The third kappa shape index (κ3) is 4.31. The number of carbonyl (C=O) groups excluding carboxylic acids is 1. The highest BCUT2D eigenvalue weighted by molar-refractivity contribution is 7.07. The molecule has 16 heavy (non-hydrogen) atoms. The Labute approximate surface area is 101 Å². The standard InChI is InChI=1S/C12H20N2OS/c1-3-7-14(8-4-2)12(15)6-5-11-9-16-10-13-11/h9-10H,3-8H2,1-2H3. The van der Waals surface area contributed by atoms with Gasteiger partial charge in [-0.2, -0.15) is 0 Å². The lowest BCUT2D eigenvalue weighted by atomic mass is 10.2. The van der Waals surface area contributed by atoms with Gasteiger partial charge in [0.2, 0.25) is 5.91 Å². The fourth-order valence-electron chi connectivity index (χ4n) is 1.66. The molecule has 0 aliphatic carbocycles. The van der Waals surface area contributed by atoms with Crippen LogP contribution in [0.2, 0.25) is 0 Å². The number of hydrogen-bond donors (Lipinski definition) is 0. The molecule has 0 fully saturated rings. The van der Waals surface area contributed by atoms with Crippen LogP contribution in [-0.2, 0) is 11.2 Å². The zero-order valence-electron chi connectivity index (χ0n) is 10.1. The highest BCUT2D eigenvalue weighted by Crippen LogP contribution is 2.06. The molecule has 0 saturated heterocycles. The first-order valence-corrected chi connectivity index (χ1v) is 6.87. The maximum absolute atomic E-state index is 11.9. The Morgan fingerprint density at radius 1 is 1.38 bits per heavy atom. The molecule has 0 saturated carbocycles. The van der Waals surface area contributed by atoms with Crippen molar-refractivity contribution >= 4 is 17.2 Å². The summed E-state index contributed by atoms with van der Waals surface area (Å²) in [5.74, 6) is 0.261. The van der Waals surface area contributed by atoms with E-state index in [4.69, 9.17) is 0 Å². The minimum absolute atomic E-state index is 0.261. The second-order valence-electron chi connectivity index (χ2n) is 3.86. The van der Waals surface area contributed by atoms with E-state index in [0.29, 0.717) is 6.42 Å². The maximum Gasteiger partial charge on any atom is 0.222 e. The monoisotopic (exact) mass is 240 g/mol. The summed E-state index contributed by atoms with van der Waals surface area (Å²) < 4.78 is 0. The highest BCUT2D eigenvalue weighted by Gasteiger charge is 2.11. The van der Waals surface area contributed by atoms with Crippen LogP contribution < -0.4 is 0 Å². The molecule has 4 heteroatoms. The zero-order valence-corrected chi connectivity index (χ0v) is 10.9. The van der Waals surface area contributed by atoms with Crippen molar-refractivity contribution in [1.82, 2.24) is 9.88 Å². The average molecular weight is 240 g/mol. The fraction of sp³-hybridized carbons (Fsp3) is 0.667. The molecule has 0 bridgehead atoms. The van der Waals surface area contributed by atoms with E-state index in [9.17, 15) is 4.79 Å². The van der Waals surface area contributed by atoms with Gasteiger partial charge in [-0.3, -0.25) is 4.79 Å². The number of carbonyl (C=O) groups is 1. The van der Waals surface area contributed by atoms with Gasteiger partial charge in [-0.1, -0.05) is 13.8 Å². The first-order valence-electron chi connectivity index (χ1n) is 5.92. The molecule has 0 aliphatic heterocycles. The summed E-state index contributed by atoms with van der Waals surface area (Å²) >= 11 is 1.58. The summed E-state index contributed by atoms with van der Waals surface area (Å²) in [5.41, 5.74) is 2.85. The predicted molar refractivity (Wildman–Crippen MR) is 67.6 cm³/mol. The third-order valence-electron chi connectivity index (χ3n) is 2.42. The lowest BCUT2D eigenvalue weighted by Crippen LogP contribution is -2.32. The second-order valence-corrected chi connectivity index (χ2v) is 4.58. The normalized spacial score (nSPS) is 10.4. The van der Waals surface area contributed by atoms with Crippen molar-refractivity contribution in [2.45, 2.75) is 39.5 Å². The van der Waals surface area contributed by atoms with Crippen LogP contribution in [-0.4, -0.2) is 28.9 Å². The van der Waals surface area contributed by atoms with Crippen molar-refractivity contribution in [1.29, 1.82) is 0 Å². The van der Waals surface area contributed by atoms with E-state index in [0.717, 1.165) is 38.0 Å². The van der Waals surface area contributed by atoms with Gasteiger partial charge < -0.3 is 4.90 Å². The molecule has 1 amide bonds. The summed E-state index contributed by atoms with van der Waals surface area (Å²) in [5, 5.41) is 2.01. The van der Waals surface area contributed by atoms with Crippen molar-refractivity contribution in [3.8, 4) is 0 Å². The summed E-state index contributed by atoms with van der Waals surface area (Å²) in [6.45, 7) is 5.97. The number of hydrogen-bond acceptors (Lipinski definition) is 3. The van der Waals surface area contributed by atoms with Crippen LogP contribution >= 0.6 is 11.3 Å². The number of amides is 1. The van der Waals surface area contributed by atoms with Gasteiger partial charge in [0.1, 0.15) is 0 Å². The minimum atomic E-state index is 0.261. The van der Waals surface area contributed by atoms with E-state index >= 15 is 0 Å². The van der Waals surface area contributed by atoms with Crippen molar-refractivity contribution in [2.24, 2.45) is 0 Å². The van der Waals surface area contributed by atoms with Crippen LogP contribution in [0.25, 0.3) is 0 Å². The van der Waals surface area contributed by atoms with Crippen molar-refractivity contribution in [3.05, 3.63) is 16.6 Å². The molecule has 0 unspecified atom stereocenters. The van der Waals surface area contributed by atoms with Crippen molar-refractivity contribution in [2.75, 3.05) is 13.1 Å². The summed E-state index contributed by atoms with van der Waals surface area (Å²) in [6, 6.07) is 0. The molecule has 90 valence electrons. The first-order chi connectivity index (χ1) is 7.77. The Morgan fingerprint density at radius 2 is 2.06 bits per heavy atom. The van der Waals surface area contributed by atoms with Crippen molar-refractivity contribution < 1.29 is 4.79 Å². The zero-order chi connectivity index (χ0) is 11.8. The number of aromatic nitrogens is 1. The molecule has 3 nitrogen and oxygen atoms in total. The van der Waals surface area contributed by atoms with Gasteiger partial charge in [-0.25, -0.2) is 4.98 Å². The SMILES string of the molecule is CCCN(CCC)C(=O)CCc1cscn1. The molecule has 0 aliphatic rings. The molecule has 1 aromatic heterocycles. The highest BCUT2D eigenvalue weighted by atomic mass is 32.1. The van der Waals surface area contributed by atoms with Crippen LogP contribution in [0.15, 0.2) is 10.9 Å². The largest absolute Gasteiger partial charge is 0.343 e. The first kappa shape index (κ1) is 13.2. The summed E-state index contributed by atoms with van der Waals surface area (Å²) in [4.78, 5) is 18.1. The predicted octanol–water partition coefficient (Wildman–Crippen LogP) is 2.72. The molecule has 1 aromatic rings. The van der Waals surface area contributed by atoms with E-state index in [1.165, 1.54) is 0 Å². The third-order valence-corrected chi connectivity index (χ3v) is 3.05. The smallest absolute Gasteiger partial charge is 0.222 e. The van der Waals surface area contributed by atoms with Gasteiger partial charge in [0.15, 0.2) is 0 Å². The number of thiazole rings is 1.